The lowest BCUT2D eigenvalue weighted by Crippen LogP contribution is -2.49. The number of hydrogen-bond donors (Lipinski definition) is 0. The molecule has 1 aliphatic heterocycles. The highest BCUT2D eigenvalue weighted by molar-refractivity contribution is 5.95. The Hall–Kier alpha value is -3.94. The van der Waals surface area contributed by atoms with Crippen LogP contribution < -0.4 is 9.64 Å². The summed E-state index contributed by atoms with van der Waals surface area (Å²) < 4.78 is 7.16. The zero-order valence-corrected chi connectivity index (χ0v) is 20.4. The molecule has 0 aliphatic carbocycles. The maximum Gasteiger partial charge on any atom is 0.254 e. The van der Waals surface area contributed by atoms with Gasteiger partial charge in [-0.1, -0.05) is 38.1 Å². The van der Waals surface area contributed by atoms with Crippen molar-refractivity contribution in [3.63, 3.8) is 0 Å². The van der Waals surface area contributed by atoms with Crippen molar-refractivity contribution in [2.75, 3.05) is 38.2 Å². The molecule has 0 radical (unpaired) electrons. The lowest BCUT2D eigenvalue weighted by Gasteiger charge is -2.36. The average molecular weight is 471 g/mol. The SMILES string of the molecule is CC[C@@H](C)c1nc(N2CCN(C(=O)c3cccc(OC)c3)CC2)c2cnn(-c3ccccc3)c2n1. The fourth-order valence-electron chi connectivity index (χ4n) is 4.37. The molecule has 2 aromatic heterocycles. The van der Waals surface area contributed by atoms with Gasteiger partial charge in [-0.05, 0) is 36.8 Å². The van der Waals surface area contributed by atoms with Crippen LogP contribution in [0.5, 0.6) is 5.75 Å². The summed E-state index contributed by atoms with van der Waals surface area (Å²) in [5.41, 5.74) is 2.42. The van der Waals surface area contributed by atoms with Crippen molar-refractivity contribution >= 4 is 22.8 Å². The van der Waals surface area contributed by atoms with Gasteiger partial charge in [-0.3, -0.25) is 4.79 Å². The fraction of sp³-hybridized carbons (Fsp3) is 0.333. The lowest BCUT2D eigenvalue weighted by atomic mass is 10.1. The summed E-state index contributed by atoms with van der Waals surface area (Å²) in [7, 11) is 1.61. The molecule has 1 saturated heterocycles. The van der Waals surface area contributed by atoms with E-state index in [0.29, 0.717) is 37.5 Å². The van der Waals surface area contributed by atoms with Crippen molar-refractivity contribution in [2.45, 2.75) is 26.2 Å². The van der Waals surface area contributed by atoms with Crippen LogP contribution in [0.25, 0.3) is 16.7 Å². The fourth-order valence-corrected chi connectivity index (χ4v) is 4.37. The molecule has 8 heteroatoms. The Balaban J connectivity index is 1.44. The highest BCUT2D eigenvalue weighted by atomic mass is 16.5. The Kier molecular flexibility index (Phi) is 6.35. The van der Waals surface area contributed by atoms with Gasteiger partial charge in [0.05, 0.1) is 24.4 Å². The Morgan fingerprint density at radius 1 is 1.03 bits per heavy atom. The van der Waals surface area contributed by atoms with E-state index in [1.165, 1.54) is 0 Å². The third kappa shape index (κ3) is 4.43. The summed E-state index contributed by atoms with van der Waals surface area (Å²) in [4.78, 5) is 27.1. The molecular weight excluding hydrogens is 440 g/mol. The second-order valence-electron chi connectivity index (χ2n) is 8.86. The number of rotatable bonds is 6. The first-order valence-electron chi connectivity index (χ1n) is 12.1. The summed E-state index contributed by atoms with van der Waals surface area (Å²) in [5, 5.41) is 5.58. The van der Waals surface area contributed by atoms with Gasteiger partial charge in [-0.25, -0.2) is 14.6 Å². The number of piperazine rings is 1. The van der Waals surface area contributed by atoms with Gasteiger partial charge in [0, 0.05) is 37.7 Å². The number of carbonyl (C=O) groups is 1. The van der Waals surface area contributed by atoms with Crippen LogP contribution in [0, 0.1) is 0 Å². The van der Waals surface area contributed by atoms with E-state index >= 15 is 0 Å². The van der Waals surface area contributed by atoms with E-state index in [0.717, 1.165) is 34.8 Å². The van der Waals surface area contributed by atoms with E-state index in [9.17, 15) is 4.79 Å². The third-order valence-corrected chi connectivity index (χ3v) is 6.66. The first-order chi connectivity index (χ1) is 17.1. The second kappa shape index (κ2) is 9.74. The summed E-state index contributed by atoms with van der Waals surface area (Å²) in [5.74, 6) is 2.65. The first kappa shape index (κ1) is 22.8. The van der Waals surface area contributed by atoms with Crippen LogP contribution >= 0.6 is 0 Å². The summed E-state index contributed by atoms with van der Waals surface area (Å²) >= 11 is 0. The highest BCUT2D eigenvalue weighted by Gasteiger charge is 2.26. The maximum absolute atomic E-state index is 13.1. The number of anilines is 1. The molecule has 0 unspecified atom stereocenters. The molecule has 1 aliphatic rings. The van der Waals surface area contributed by atoms with Crippen molar-refractivity contribution in [3.05, 3.63) is 72.2 Å². The van der Waals surface area contributed by atoms with Gasteiger partial charge in [0.25, 0.3) is 5.91 Å². The maximum atomic E-state index is 13.1. The molecule has 35 heavy (non-hydrogen) atoms. The van der Waals surface area contributed by atoms with Gasteiger partial charge in [-0.2, -0.15) is 5.10 Å². The molecule has 0 N–H and O–H groups in total. The Labute approximate surface area is 205 Å². The first-order valence-corrected chi connectivity index (χ1v) is 12.1. The molecule has 2 aromatic carbocycles. The van der Waals surface area contributed by atoms with Gasteiger partial charge in [-0.15, -0.1) is 0 Å². The number of nitrogens with zero attached hydrogens (tertiary/aromatic N) is 6. The topological polar surface area (TPSA) is 76.4 Å². The Morgan fingerprint density at radius 3 is 2.51 bits per heavy atom. The minimum atomic E-state index is 0.0218. The molecule has 1 atom stereocenters. The van der Waals surface area contributed by atoms with Crippen LogP contribution in [-0.2, 0) is 0 Å². The van der Waals surface area contributed by atoms with E-state index in [1.54, 1.807) is 13.2 Å². The molecule has 5 rings (SSSR count). The third-order valence-electron chi connectivity index (χ3n) is 6.66. The summed E-state index contributed by atoms with van der Waals surface area (Å²) in [6.07, 6.45) is 2.80. The molecule has 8 nitrogen and oxygen atoms in total. The van der Waals surface area contributed by atoms with E-state index < -0.39 is 0 Å². The van der Waals surface area contributed by atoms with Gasteiger partial charge in [0.1, 0.15) is 17.4 Å². The van der Waals surface area contributed by atoms with Crippen LogP contribution in [0.2, 0.25) is 0 Å². The zero-order valence-electron chi connectivity index (χ0n) is 20.4. The highest BCUT2D eigenvalue weighted by Crippen LogP contribution is 2.29. The number of fused-ring (bicyclic) bond motifs is 1. The number of aromatic nitrogens is 4. The number of amides is 1. The molecule has 0 saturated carbocycles. The Bertz CT molecular complexity index is 1330. The minimum absolute atomic E-state index is 0.0218. The Morgan fingerprint density at radius 2 is 1.80 bits per heavy atom. The van der Waals surface area contributed by atoms with E-state index in [2.05, 4.69) is 23.8 Å². The quantitative estimate of drug-likeness (QED) is 0.418. The standard InChI is InChI=1S/C27H30N6O2/c1-4-19(2)24-29-25(23-18-28-33(26(23)30-24)21-10-6-5-7-11-21)31-13-15-32(16-14-31)27(34)20-9-8-12-22(17-20)35-3/h5-12,17-19H,4,13-16H2,1-3H3/t19-/m1/s1. The number of ether oxygens (including phenoxy) is 1. The zero-order chi connectivity index (χ0) is 24.4. The van der Waals surface area contributed by atoms with E-state index in [1.807, 2.05) is 64.3 Å². The van der Waals surface area contributed by atoms with Crippen LogP contribution in [0.4, 0.5) is 5.82 Å². The number of benzene rings is 2. The van der Waals surface area contributed by atoms with Crippen LogP contribution in [0.15, 0.2) is 60.8 Å². The lowest BCUT2D eigenvalue weighted by molar-refractivity contribution is 0.0746. The summed E-state index contributed by atoms with van der Waals surface area (Å²) in [6.45, 7) is 6.92. The number of carbonyl (C=O) groups excluding carboxylic acids is 1. The van der Waals surface area contributed by atoms with Crippen LogP contribution in [0.3, 0.4) is 0 Å². The van der Waals surface area contributed by atoms with Crippen molar-refractivity contribution in [2.24, 2.45) is 0 Å². The molecule has 4 aromatic rings. The van der Waals surface area contributed by atoms with E-state index in [4.69, 9.17) is 14.7 Å². The molecule has 0 bridgehead atoms. The molecule has 3 heterocycles. The van der Waals surface area contributed by atoms with Crippen LogP contribution in [-0.4, -0.2) is 63.8 Å². The molecule has 1 fully saturated rings. The summed E-state index contributed by atoms with van der Waals surface area (Å²) in [6, 6.07) is 17.4. The van der Waals surface area contributed by atoms with Gasteiger partial charge in [0.15, 0.2) is 5.65 Å². The average Bonchev–Trinajstić information content (AvgIpc) is 3.36. The predicted octanol–water partition coefficient (Wildman–Crippen LogP) is 4.30. The normalized spacial score (nSPS) is 14.8. The van der Waals surface area contributed by atoms with Gasteiger partial charge >= 0.3 is 0 Å². The van der Waals surface area contributed by atoms with E-state index in [-0.39, 0.29) is 11.8 Å². The number of para-hydroxylation sites is 1. The van der Waals surface area contributed by atoms with Crippen molar-refractivity contribution in [1.29, 1.82) is 0 Å². The largest absolute Gasteiger partial charge is 0.497 e. The van der Waals surface area contributed by atoms with Crippen molar-refractivity contribution in [3.8, 4) is 11.4 Å². The number of hydrogen-bond acceptors (Lipinski definition) is 6. The van der Waals surface area contributed by atoms with Crippen molar-refractivity contribution < 1.29 is 9.53 Å². The van der Waals surface area contributed by atoms with Crippen LogP contribution in [0.1, 0.15) is 42.4 Å². The molecule has 1 amide bonds. The van der Waals surface area contributed by atoms with Crippen molar-refractivity contribution in [1.82, 2.24) is 24.6 Å². The minimum Gasteiger partial charge on any atom is -0.497 e. The predicted molar refractivity (Wildman–Crippen MR) is 136 cm³/mol. The monoisotopic (exact) mass is 470 g/mol. The number of methoxy groups -OCH3 is 1. The molecule has 0 spiro atoms. The smallest absolute Gasteiger partial charge is 0.254 e. The van der Waals surface area contributed by atoms with Gasteiger partial charge in [0.2, 0.25) is 0 Å². The molecule has 180 valence electrons. The van der Waals surface area contributed by atoms with Gasteiger partial charge < -0.3 is 14.5 Å². The second-order valence-corrected chi connectivity index (χ2v) is 8.86. The molecular formula is C27H30N6O2.